The van der Waals surface area contributed by atoms with Gasteiger partial charge in [0.1, 0.15) is 5.54 Å². The molecule has 0 radical (unpaired) electrons. The number of carboxylic acid groups (broad SMARTS) is 1. The standard InChI is InChI=1S/C13H15BrClNO2/c1-12(5-6-12)13(2,11(17)18)16-8-3-4-10(15)9(14)7-8/h3-4,7,16H,5-6H2,1-2H3,(H,17,18). The van der Waals surface area contributed by atoms with E-state index in [1.165, 1.54) is 0 Å². The molecule has 1 aliphatic carbocycles. The second-order valence-electron chi connectivity index (χ2n) is 5.24. The third kappa shape index (κ3) is 2.24. The minimum absolute atomic E-state index is 0.190. The fourth-order valence-electron chi connectivity index (χ4n) is 2.01. The first-order chi connectivity index (χ1) is 8.28. The quantitative estimate of drug-likeness (QED) is 0.870. The van der Waals surface area contributed by atoms with Gasteiger partial charge in [-0.15, -0.1) is 0 Å². The van der Waals surface area contributed by atoms with E-state index in [2.05, 4.69) is 21.2 Å². The van der Waals surface area contributed by atoms with Gasteiger partial charge in [0, 0.05) is 15.6 Å². The van der Waals surface area contributed by atoms with E-state index in [0.29, 0.717) is 5.02 Å². The van der Waals surface area contributed by atoms with Gasteiger partial charge in [-0.05, 0) is 53.9 Å². The summed E-state index contributed by atoms with van der Waals surface area (Å²) in [5.74, 6) is -0.825. The molecule has 0 bridgehead atoms. The van der Waals surface area contributed by atoms with Crippen molar-refractivity contribution in [3.8, 4) is 0 Å². The third-order valence-electron chi connectivity index (χ3n) is 3.95. The molecule has 1 aliphatic rings. The van der Waals surface area contributed by atoms with Gasteiger partial charge in [0.25, 0.3) is 0 Å². The maximum atomic E-state index is 11.6. The molecule has 1 atom stereocenters. The first kappa shape index (κ1) is 13.7. The van der Waals surface area contributed by atoms with Crippen LogP contribution in [0.3, 0.4) is 0 Å². The van der Waals surface area contributed by atoms with E-state index in [1.807, 2.05) is 6.92 Å². The molecule has 1 fully saturated rings. The first-order valence-corrected chi connectivity index (χ1v) is 6.92. The maximum absolute atomic E-state index is 11.6. The Balaban J connectivity index is 2.30. The second kappa shape index (κ2) is 4.42. The molecule has 3 nitrogen and oxygen atoms in total. The normalized spacial score (nSPS) is 20.0. The minimum atomic E-state index is -0.958. The number of rotatable bonds is 4. The van der Waals surface area contributed by atoms with Crippen molar-refractivity contribution in [2.24, 2.45) is 5.41 Å². The summed E-state index contributed by atoms with van der Waals surface area (Å²) in [5.41, 5.74) is -0.394. The average Bonchev–Trinajstić information content (AvgIpc) is 3.03. The van der Waals surface area contributed by atoms with Gasteiger partial charge in [0.05, 0.1) is 5.02 Å². The SMILES string of the molecule is CC1(C(C)(Nc2ccc(Cl)c(Br)c2)C(=O)O)CC1. The molecule has 2 N–H and O–H groups in total. The lowest BCUT2D eigenvalue weighted by Gasteiger charge is -2.33. The molecule has 0 amide bonds. The minimum Gasteiger partial charge on any atom is -0.479 e. The van der Waals surface area contributed by atoms with E-state index in [0.717, 1.165) is 23.0 Å². The van der Waals surface area contributed by atoms with Crippen LogP contribution < -0.4 is 5.32 Å². The molecule has 5 heteroatoms. The van der Waals surface area contributed by atoms with E-state index < -0.39 is 11.5 Å². The highest BCUT2D eigenvalue weighted by molar-refractivity contribution is 9.10. The molecule has 1 aromatic carbocycles. The number of aliphatic carboxylic acids is 1. The van der Waals surface area contributed by atoms with Gasteiger partial charge >= 0.3 is 5.97 Å². The summed E-state index contributed by atoms with van der Waals surface area (Å²) in [5, 5.41) is 13.2. The Morgan fingerprint density at radius 3 is 2.61 bits per heavy atom. The van der Waals surface area contributed by atoms with E-state index in [1.54, 1.807) is 25.1 Å². The summed E-state index contributed by atoms with van der Waals surface area (Å²) in [6, 6.07) is 5.33. The molecule has 2 rings (SSSR count). The third-order valence-corrected chi connectivity index (χ3v) is 5.16. The van der Waals surface area contributed by atoms with E-state index in [9.17, 15) is 9.90 Å². The lowest BCUT2D eigenvalue weighted by atomic mass is 9.83. The fraction of sp³-hybridized carbons (Fsp3) is 0.462. The number of carboxylic acids is 1. The smallest absolute Gasteiger partial charge is 0.329 e. The van der Waals surface area contributed by atoms with E-state index >= 15 is 0 Å². The van der Waals surface area contributed by atoms with Crippen LogP contribution in [-0.2, 0) is 4.79 Å². The second-order valence-corrected chi connectivity index (χ2v) is 6.51. The lowest BCUT2D eigenvalue weighted by Crippen LogP contribution is -2.50. The summed E-state index contributed by atoms with van der Waals surface area (Å²) < 4.78 is 0.753. The van der Waals surface area contributed by atoms with Crippen LogP contribution >= 0.6 is 27.5 Å². The molecule has 1 aromatic rings. The first-order valence-electron chi connectivity index (χ1n) is 5.75. The predicted molar refractivity (Wildman–Crippen MR) is 76.2 cm³/mol. The maximum Gasteiger partial charge on any atom is 0.329 e. The zero-order valence-corrected chi connectivity index (χ0v) is 12.6. The van der Waals surface area contributed by atoms with Gasteiger partial charge in [-0.1, -0.05) is 18.5 Å². The van der Waals surface area contributed by atoms with Crippen LogP contribution in [0.2, 0.25) is 5.02 Å². The van der Waals surface area contributed by atoms with Crippen molar-refractivity contribution in [3.05, 3.63) is 27.7 Å². The van der Waals surface area contributed by atoms with Gasteiger partial charge in [0.15, 0.2) is 0 Å². The van der Waals surface area contributed by atoms with Crippen LogP contribution in [0.4, 0.5) is 5.69 Å². The van der Waals surface area contributed by atoms with Crippen LogP contribution in [0.15, 0.2) is 22.7 Å². The van der Waals surface area contributed by atoms with Crippen molar-refractivity contribution in [2.75, 3.05) is 5.32 Å². The molecular weight excluding hydrogens is 318 g/mol. The topological polar surface area (TPSA) is 49.3 Å². The van der Waals surface area contributed by atoms with Gasteiger partial charge in [-0.25, -0.2) is 4.79 Å². The van der Waals surface area contributed by atoms with Crippen LogP contribution in [-0.4, -0.2) is 16.6 Å². The van der Waals surface area contributed by atoms with Gasteiger partial charge in [-0.3, -0.25) is 0 Å². The number of halogens is 2. The summed E-state index contributed by atoms with van der Waals surface area (Å²) in [6.45, 7) is 3.74. The molecule has 1 unspecified atom stereocenters. The monoisotopic (exact) mass is 331 g/mol. The highest BCUT2D eigenvalue weighted by Crippen LogP contribution is 2.54. The number of hydrogen-bond acceptors (Lipinski definition) is 2. The van der Waals surface area contributed by atoms with Crippen molar-refractivity contribution in [3.63, 3.8) is 0 Å². The summed E-state index contributed by atoms with van der Waals surface area (Å²) >= 11 is 9.26. The number of carbonyl (C=O) groups is 1. The molecule has 0 spiro atoms. The number of hydrogen-bond donors (Lipinski definition) is 2. The Bertz CT molecular complexity index is 502. The van der Waals surface area contributed by atoms with Gasteiger partial charge in [-0.2, -0.15) is 0 Å². The Kier molecular flexibility index (Phi) is 3.36. The average molecular weight is 333 g/mol. The zero-order valence-electron chi connectivity index (χ0n) is 10.3. The van der Waals surface area contributed by atoms with Crippen LogP contribution in [0.5, 0.6) is 0 Å². The van der Waals surface area contributed by atoms with E-state index in [-0.39, 0.29) is 5.41 Å². The molecule has 18 heavy (non-hydrogen) atoms. The Morgan fingerprint density at radius 2 is 2.17 bits per heavy atom. The van der Waals surface area contributed by atoms with Crippen molar-refractivity contribution in [1.82, 2.24) is 0 Å². The largest absolute Gasteiger partial charge is 0.479 e. The highest BCUT2D eigenvalue weighted by atomic mass is 79.9. The van der Waals surface area contributed by atoms with Gasteiger partial charge < -0.3 is 10.4 Å². The van der Waals surface area contributed by atoms with Crippen molar-refractivity contribution in [2.45, 2.75) is 32.2 Å². The molecule has 98 valence electrons. The summed E-state index contributed by atoms with van der Waals surface area (Å²) in [7, 11) is 0. The number of anilines is 1. The molecule has 0 aromatic heterocycles. The van der Waals surface area contributed by atoms with Crippen molar-refractivity contribution < 1.29 is 9.90 Å². The molecule has 1 saturated carbocycles. The van der Waals surface area contributed by atoms with Crippen molar-refractivity contribution >= 4 is 39.2 Å². The molecular formula is C13H15BrClNO2. The van der Waals surface area contributed by atoms with E-state index in [4.69, 9.17) is 11.6 Å². The highest BCUT2D eigenvalue weighted by Gasteiger charge is 2.57. The van der Waals surface area contributed by atoms with Crippen LogP contribution in [0.1, 0.15) is 26.7 Å². The molecule has 0 aliphatic heterocycles. The number of nitrogens with one attached hydrogen (secondary N) is 1. The summed E-state index contributed by atoms with van der Waals surface area (Å²) in [4.78, 5) is 11.6. The summed E-state index contributed by atoms with van der Waals surface area (Å²) in [6.07, 6.45) is 1.86. The zero-order chi connectivity index (χ0) is 13.6. The van der Waals surface area contributed by atoms with Gasteiger partial charge in [0.2, 0.25) is 0 Å². The molecule has 0 heterocycles. The fourth-order valence-corrected chi connectivity index (χ4v) is 2.51. The van der Waals surface area contributed by atoms with Crippen LogP contribution in [0, 0.1) is 5.41 Å². The Labute approximate surface area is 120 Å². The van der Waals surface area contributed by atoms with Crippen LogP contribution in [0.25, 0.3) is 0 Å². The molecule has 0 saturated heterocycles. The lowest BCUT2D eigenvalue weighted by molar-refractivity contribution is -0.144. The Morgan fingerprint density at radius 1 is 1.56 bits per heavy atom. The van der Waals surface area contributed by atoms with Crippen molar-refractivity contribution in [1.29, 1.82) is 0 Å². The Hall–Kier alpha value is -0.740. The number of benzene rings is 1. The predicted octanol–water partition coefficient (Wildman–Crippen LogP) is 4.16.